The molecule has 0 aliphatic rings. The van der Waals surface area contributed by atoms with E-state index in [1.54, 1.807) is 0 Å². The second kappa shape index (κ2) is 13.1. The zero-order valence-electron chi connectivity index (χ0n) is 23.5. The van der Waals surface area contributed by atoms with Crippen LogP contribution in [0.25, 0.3) is 0 Å². The van der Waals surface area contributed by atoms with Crippen molar-refractivity contribution < 1.29 is 24.9 Å². The van der Waals surface area contributed by atoms with Gasteiger partial charge in [-0.2, -0.15) is 0 Å². The van der Waals surface area contributed by atoms with E-state index in [1.165, 1.54) is 11.1 Å². The van der Waals surface area contributed by atoms with Crippen LogP contribution in [0.4, 0.5) is 0 Å². The quantitative estimate of drug-likeness (QED) is 0.316. The molecule has 0 aliphatic heterocycles. The third kappa shape index (κ3) is 8.09. The van der Waals surface area contributed by atoms with Crippen LogP contribution in [0.15, 0.2) is 36.4 Å². The van der Waals surface area contributed by atoms with Gasteiger partial charge in [0.25, 0.3) is 0 Å². The van der Waals surface area contributed by atoms with Gasteiger partial charge in [0.2, 0.25) is 0 Å². The van der Waals surface area contributed by atoms with Crippen LogP contribution in [0, 0.1) is 31.1 Å². The highest BCUT2D eigenvalue weighted by molar-refractivity contribution is 5.66. The summed E-state index contributed by atoms with van der Waals surface area (Å²) < 4.78 is 5.87. The molecule has 2 unspecified atom stereocenters. The SMILES string of the molecule is CCC(CC)(c1ccc(C#CC(O)C(C)(C)C)c(C)c1)c1ccc(OCC(O)CCCC(=O)O)c(C)c1. The van der Waals surface area contributed by atoms with Crippen molar-refractivity contribution in [3.05, 3.63) is 64.2 Å². The smallest absolute Gasteiger partial charge is 0.303 e. The third-order valence-corrected chi connectivity index (χ3v) is 7.24. The first-order valence-corrected chi connectivity index (χ1v) is 13.3. The molecule has 5 heteroatoms. The van der Waals surface area contributed by atoms with E-state index in [4.69, 9.17) is 9.84 Å². The Morgan fingerprint density at radius 3 is 2.08 bits per heavy atom. The highest BCUT2D eigenvalue weighted by Crippen LogP contribution is 2.41. The van der Waals surface area contributed by atoms with Crippen LogP contribution < -0.4 is 4.74 Å². The van der Waals surface area contributed by atoms with Crippen molar-refractivity contribution in [2.75, 3.05) is 6.61 Å². The van der Waals surface area contributed by atoms with Crippen LogP contribution in [0.1, 0.15) is 94.5 Å². The highest BCUT2D eigenvalue weighted by Gasteiger charge is 2.31. The van der Waals surface area contributed by atoms with Crippen LogP contribution in [0.2, 0.25) is 0 Å². The molecule has 0 fully saturated rings. The predicted octanol–water partition coefficient (Wildman–Crippen LogP) is 6.16. The Labute approximate surface area is 222 Å². The Morgan fingerprint density at radius 2 is 1.57 bits per heavy atom. The topological polar surface area (TPSA) is 87.0 Å². The first kappa shape index (κ1) is 30.4. The molecule has 0 heterocycles. The lowest BCUT2D eigenvalue weighted by atomic mass is 9.70. The predicted molar refractivity (Wildman–Crippen MR) is 149 cm³/mol. The van der Waals surface area contributed by atoms with Gasteiger partial charge in [0.15, 0.2) is 0 Å². The number of aliphatic carboxylic acids is 1. The van der Waals surface area contributed by atoms with Gasteiger partial charge in [0.05, 0.1) is 6.10 Å². The number of aryl methyl sites for hydroxylation is 2. The summed E-state index contributed by atoms with van der Waals surface area (Å²) in [5, 5.41) is 29.2. The molecule has 3 N–H and O–H groups in total. The molecule has 0 amide bonds. The van der Waals surface area contributed by atoms with E-state index in [2.05, 4.69) is 62.9 Å². The number of ether oxygens (including phenoxy) is 1. The van der Waals surface area contributed by atoms with Gasteiger partial charge in [-0.25, -0.2) is 0 Å². The number of hydrogen-bond acceptors (Lipinski definition) is 4. The van der Waals surface area contributed by atoms with Gasteiger partial charge in [-0.1, -0.05) is 70.7 Å². The number of aliphatic hydroxyl groups is 2. The molecule has 2 aromatic carbocycles. The minimum atomic E-state index is -0.855. The van der Waals surface area contributed by atoms with Gasteiger partial charge in [-0.05, 0) is 79.3 Å². The Balaban J connectivity index is 2.26. The molecule has 202 valence electrons. The highest BCUT2D eigenvalue weighted by atomic mass is 16.5. The van der Waals surface area contributed by atoms with Crippen molar-refractivity contribution in [2.45, 2.75) is 98.2 Å². The Kier molecular flexibility index (Phi) is 10.8. The number of benzene rings is 2. The summed E-state index contributed by atoms with van der Waals surface area (Å²) in [6.45, 7) is 14.6. The molecule has 0 saturated carbocycles. The monoisotopic (exact) mass is 508 g/mol. The molecule has 0 radical (unpaired) electrons. The fourth-order valence-electron chi connectivity index (χ4n) is 4.56. The van der Waals surface area contributed by atoms with Crippen molar-refractivity contribution >= 4 is 5.97 Å². The number of carbonyl (C=O) groups is 1. The molecule has 0 aromatic heterocycles. The Hall–Kier alpha value is -2.81. The molecule has 0 bridgehead atoms. The van der Waals surface area contributed by atoms with Gasteiger partial charge < -0.3 is 20.1 Å². The molecule has 37 heavy (non-hydrogen) atoms. The van der Waals surface area contributed by atoms with Gasteiger partial charge in [-0.15, -0.1) is 0 Å². The number of aliphatic hydroxyl groups excluding tert-OH is 2. The molecule has 2 atom stereocenters. The van der Waals surface area contributed by atoms with E-state index in [1.807, 2.05) is 33.8 Å². The van der Waals surface area contributed by atoms with E-state index in [9.17, 15) is 15.0 Å². The van der Waals surface area contributed by atoms with Crippen molar-refractivity contribution in [1.82, 2.24) is 0 Å². The summed E-state index contributed by atoms with van der Waals surface area (Å²) in [6, 6.07) is 12.7. The molecule has 0 spiro atoms. The zero-order chi connectivity index (χ0) is 27.8. The molecule has 5 nitrogen and oxygen atoms in total. The zero-order valence-corrected chi connectivity index (χ0v) is 23.5. The van der Waals surface area contributed by atoms with E-state index in [0.717, 1.165) is 35.3 Å². The Bertz CT molecular complexity index is 1110. The molecular weight excluding hydrogens is 464 g/mol. The van der Waals surface area contributed by atoms with Crippen LogP contribution in [-0.4, -0.2) is 40.1 Å². The number of hydrogen-bond donors (Lipinski definition) is 3. The van der Waals surface area contributed by atoms with E-state index in [-0.39, 0.29) is 23.9 Å². The molecule has 0 saturated heterocycles. The molecule has 0 aliphatic carbocycles. The van der Waals surface area contributed by atoms with Crippen LogP contribution in [0.5, 0.6) is 5.75 Å². The number of rotatable bonds is 11. The number of carboxylic acid groups (broad SMARTS) is 1. The first-order chi connectivity index (χ1) is 17.3. The van der Waals surface area contributed by atoms with Crippen LogP contribution in [0.3, 0.4) is 0 Å². The van der Waals surface area contributed by atoms with Crippen molar-refractivity contribution in [3.63, 3.8) is 0 Å². The maximum atomic E-state index is 10.7. The van der Waals surface area contributed by atoms with Crippen molar-refractivity contribution in [2.24, 2.45) is 5.41 Å². The number of carboxylic acids is 1. The lowest BCUT2D eigenvalue weighted by Crippen LogP contribution is -2.26. The fraction of sp³-hybridized carbons (Fsp3) is 0.531. The molecule has 2 aromatic rings. The average molecular weight is 509 g/mol. The second-order valence-electron chi connectivity index (χ2n) is 11.1. The maximum Gasteiger partial charge on any atom is 0.303 e. The summed E-state index contributed by atoms with van der Waals surface area (Å²) >= 11 is 0. The minimum Gasteiger partial charge on any atom is -0.491 e. The van der Waals surface area contributed by atoms with E-state index >= 15 is 0 Å². The first-order valence-electron chi connectivity index (χ1n) is 13.3. The Morgan fingerprint density at radius 1 is 0.973 bits per heavy atom. The summed E-state index contributed by atoms with van der Waals surface area (Å²) in [4.78, 5) is 10.7. The summed E-state index contributed by atoms with van der Waals surface area (Å²) in [5.74, 6) is 6.03. The van der Waals surface area contributed by atoms with Gasteiger partial charge >= 0.3 is 5.97 Å². The third-order valence-electron chi connectivity index (χ3n) is 7.24. The second-order valence-corrected chi connectivity index (χ2v) is 11.1. The van der Waals surface area contributed by atoms with Crippen LogP contribution in [-0.2, 0) is 10.2 Å². The lowest BCUT2D eigenvalue weighted by Gasteiger charge is -2.34. The minimum absolute atomic E-state index is 0.0484. The fourth-order valence-corrected chi connectivity index (χ4v) is 4.56. The normalized spacial score (nSPS) is 13.4. The maximum absolute atomic E-state index is 10.7. The van der Waals surface area contributed by atoms with Crippen molar-refractivity contribution in [3.8, 4) is 17.6 Å². The standard InChI is InChI=1S/C32H44O5/c1-8-32(9-2,25-15-13-24(22(3)19-25)14-18-29(34)31(5,6)7)26-16-17-28(23(4)20-26)37-21-27(33)11-10-12-30(35)36/h13,15-17,19-20,27,29,33-34H,8-12,21H2,1-7H3,(H,35,36). The van der Waals surface area contributed by atoms with Crippen LogP contribution >= 0.6 is 0 Å². The van der Waals surface area contributed by atoms with Gasteiger partial charge in [0, 0.05) is 17.4 Å². The summed E-state index contributed by atoms with van der Waals surface area (Å²) in [5.41, 5.74) is 5.01. The summed E-state index contributed by atoms with van der Waals surface area (Å²) in [6.07, 6.45) is 1.34. The van der Waals surface area contributed by atoms with Gasteiger partial charge in [0.1, 0.15) is 18.5 Å². The van der Waals surface area contributed by atoms with Crippen molar-refractivity contribution in [1.29, 1.82) is 0 Å². The largest absolute Gasteiger partial charge is 0.491 e. The lowest BCUT2D eigenvalue weighted by molar-refractivity contribution is -0.137. The van der Waals surface area contributed by atoms with E-state index < -0.39 is 18.2 Å². The molecular formula is C32H44O5. The van der Waals surface area contributed by atoms with E-state index in [0.29, 0.717) is 12.8 Å². The van der Waals surface area contributed by atoms with Gasteiger partial charge in [-0.3, -0.25) is 4.79 Å². The summed E-state index contributed by atoms with van der Waals surface area (Å²) in [7, 11) is 0. The molecule has 2 rings (SSSR count). The average Bonchev–Trinajstić information content (AvgIpc) is 2.83.